The van der Waals surface area contributed by atoms with Gasteiger partial charge in [0.1, 0.15) is 5.76 Å². The molecular formula is C8H12O. The summed E-state index contributed by atoms with van der Waals surface area (Å²) in [6.45, 7) is 9.01. The Bertz CT molecular complexity index is 123. The van der Waals surface area contributed by atoms with E-state index in [-0.39, 0.29) is 0 Å². The van der Waals surface area contributed by atoms with Gasteiger partial charge in [-0.1, -0.05) is 20.1 Å². The van der Waals surface area contributed by atoms with Crippen molar-refractivity contribution in [3.05, 3.63) is 37.3 Å². The van der Waals surface area contributed by atoms with Gasteiger partial charge in [0.15, 0.2) is 0 Å². The van der Waals surface area contributed by atoms with Gasteiger partial charge in [0, 0.05) is 0 Å². The molecule has 9 heavy (non-hydrogen) atoms. The lowest BCUT2D eigenvalue weighted by Gasteiger charge is -1.96. The third-order valence-corrected chi connectivity index (χ3v) is 0.826. The SMILES string of the molecule is C=CO/C(C=C)=C/CC. The second-order valence-corrected chi connectivity index (χ2v) is 1.50. The van der Waals surface area contributed by atoms with E-state index >= 15 is 0 Å². The Morgan fingerprint density at radius 1 is 1.56 bits per heavy atom. The summed E-state index contributed by atoms with van der Waals surface area (Å²) in [7, 11) is 0. The summed E-state index contributed by atoms with van der Waals surface area (Å²) in [4.78, 5) is 0. The monoisotopic (exact) mass is 124 g/mol. The van der Waals surface area contributed by atoms with E-state index in [4.69, 9.17) is 4.74 Å². The highest BCUT2D eigenvalue weighted by Gasteiger charge is 1.83. The second kappa shape index (κ2) is 5.16. The minimum Gasteiger partial charge on any atom is -0.466 e. The molecular weight excluding hydrogens is 112 g/mol. The molecule has 0 bridgehead atoms. The van der Waals surface area contributed by atoms with E-state index < -0.39 is 0 Å². The number of hydrogen-bond donors (Lipinski definition) is 0. The molecule has 50 valence electrons. The highest BCUT2D eigenvalue weighted by atomic mass is 16.5. The topological polar surface area (TPSA) is 9.23 Å². The van der Waals surface area contributed by atoms with Gasteiger partial charge in [-0.3, -0.25) is 0 Å². The van der Waals surface area contributed by atoms with Crippen molar-refractivity contribution in [3.63, 3.8) is 0 Å². The Morgan fingerprint density at radius 3 is 2.56 bits per heavy atom. The molecule has 0 aliphatic carbocycles. The average molecular weight is 124 g/mol. The van der Waals surface area contributed by atoms with E-state index in [0.717, 1.165) is 12.2 Å². The summed E-state index contributed by atoms with van der Waals surface area (Å²) < 4.78 is 4.94. The summed E-state index contributed by atoms with van der Waals surface area (Å²) in [5.74, 6) is 0.771. The summed E-state index contributed by atoms with van der Waals surface area (Å²) in [5, 5.41) is 0. The van der Waals surface area contributed by atoms with E-state index in [1.54, 1.807) is 6.08 Å². The highest BCUT2D eigenvalue weighted by Crippen LogP contribution is 1.99. The van der Waals surface area contributed by atoms with Crippen LogP contribution in [0.2, 0.25) is 0 Å². The van der Waals surface area contributed by atoms with Gasteiger partial charge >= 0.3 is 0 Å². The van der Waals surface area contributed by atoms with Crippen LogP contribution in [0.3, 0.4) is 0 Å². The van der Waals surface area contributed by atoms with Crippen molar-refractivity contribution < 1.29 is 4.74 Å². The third-order valence-electron chi connectivity index (χ3n) is 0.826. The lowest BCUT2D eigenvalue weighted by Crippen LogP contribution is -1.77. The first-order valence-corrected chi connectivity index (χ1v) is 2.95. The smallest absolute Gasteiger partial charge is 0.121 e. The fourth-order valence-electron chi connectivity index (χ4n) is 0.477. The van der Waals surface area contributed by atoms with Gasteiger partial charge in [-0.05, 0) is 18.6 Å². The van der Waals surface area contributed by atoms with Gasteiger partial charge < -0.3 is 4.74 Å². The quantitative estimate of drug-likeness (QED) is 0.413. The fraction of sp³-hybridized carbons (Fsp3) is 0.250. The first-order chi connectivity index (χ1) is 4.35. The van der Waals surface area contributed by atoms with Crippen LogP contribution in [0.4, 0.5) is 0 Å². The van der Waals surface area contributed by atoms with Gasteiger partial charge in [0.25, 0.3) is 0 Å². The summed E-state index contributed by atoms with van der Waals surface area (Å²) in [5.41, 5.74) is 0. The van der Waals surface area contributed by atoms with Crippen molar-refractivity contribution >= 4 is 0 Å². The second-order valence-electron chi connectivity index (χ2n) is 1.50. The van der Waals surface area contributed by atoms with Crippen LogP contribution in [0.25, 0.3) is 0 Å². The maximum absolute atomic E-state index is 4.94. The fourth-order valence-corrected chi connectivity index (χ4v) is 0.477. The van der Waals surface area contributed by atoms with E-state index in [2.05, 4.69) is 13.2 Å². The Balaban J connectivity index is 3.80. The summed E-state index contributed by atoms with van der Waals surface area (Å²) in [6.07, 6.45) is 5.94. The zero-order chi connectivity index (χ0) is 7.11. The molecule has 0 unspecified atom stereocenters. The van der Waals surface area contributed by atoms with Crippen LogP contribution in [-0.2, 0) is 4.74 Å². The first kappa shape index (κ1) is 8.02. The lowest BCUT2D eigenvalue weighted by atomic mass is 10.4. The molecule has 0 spiro atoms. The molecule has 0 aromatic rings. The van der Waals surface area contributed by atoms with Crippen LogP contribution in [0.15, 0.2) is 37.3 Å². The Kier molecular flexibility index (Phi) is 4.60. The van der Waals surface area contributed by atoms with Crippen molar-refractivity contribution in [2.75, 3.05) is 0 Å². The number of rotatable bonds is 4. The van der Waals surface area contributed by atoms with Crippen molar-refractivity contribution in [2.45, 2.75) is 13.3 Å². The molecule has 0 saturated heterocycles. The Hall–Kier alpha value is -0.980. The predicted octanol–water partition coefficient (Wildman–Crippen LogP) is 2.63. The number of ether oxygens (including phenoxy) is 1. The predicted molar refractivity (Wildman–Crippen MR) is 39.9 cm³/mol. The van der Waals surface area contributed by atoms with Crippen molar-refractivity contribution in [3.8, 4) is 0 Å². The van der Waals surface area contributed by atoms with Crippen LogP contribution in [0.1, 0.15) is 13.3 Å². The van der Waals surface area contributed by atoms with Crippen LogP contribution >= 0.6 is 0 Å². The van der Waals surface area contributed by atoms with Gasteiger partial charge in [0.05, 0.1) is 6.26 Å². The van der Waals surface area contributed by atoms with Crippen molar-refractivity contribution in [1.29, 1.82) is 0 Å². The van der Waals surface area contributed by atoms with E-state index in [9.17, 15) is 0 Å². The molecule has 0 saturated carbocycles. The molecule has 0 atom stereocenters. The summed E-state index contributed by atoms with van der Waals surface area (Å²) in [6, 6.07) is 0. The molecule has 0 N–H and O–H groups in total. The molecule has 0 radical (unpaired) electrons. The molecule has 0 fully saturated rings. The molecule has 1 nitrogen and oxygen atoms in total. The third kappa shape index (κ3) is 3.59. The Labute approximate surface area is 56.3 Å². The van der Waals surface area contributed by atoms with E-state index in [0.29, 0.717) is 0 Å². The van der Waals surface area contributed by atoms with Gasteiger partial charge in [-0.25, -0.2) is 0 Å². The normalized spacial score (nSPS) is 10.6. The minimum atomic E-state index is 0.771. The number of hydrogen-bond acceptors (Lipinski definition) is 1. The average Bonchev–Trinajstić information content (AvgIpc) is 1.88. The largest absolute Gasteiger partial charge is 0.466 e. The molecule has 0 heterocycles. The highest BCUT2D eigenvalue weighted by molar-refractivity contribution is 5.08. The Morgan fingerprint density at radius 2 is 2.22 bits per heavy atom. The van der Waals surface area contributed by atoms with Crippen LogP contribution in [-0.4, -0.2) is 0 Å². The molecule has 0 aliphatic heterocycles. The van der Waals surface area contributed by atoms with Crippen LogP contribution in [0.5, 0.6) is 0 Å². The maximum atomic E-state index is 4.94. The zero-order valence-electron chi connectivity index (χ0n) is 5.76. The first-order valence-electron chi connectivity index (χ1n) is 2.95. The van der Waals surface area contributed by atoms with Crippen LogP contribution in [0, 0.1) is 0 Å². The maximum Gasteiger partial charge on any atom is 0.121 e. The lowest BCUT2D eigenvalue weighted by molar-refractivity contribution is 0.368. The van der Waals surface area contributed by atoms with Crippen LogP contribution < -0.4 is 0 Å². The molecule has 0 aromatic carbocycles. The molecule has 0 aliphatic rings. The zero-order valence-corrected chi connectivity index (χ0v) is 5.76. The molecule has 0 rings (SSSR count). The minimum absolute atomic E-state index is 0.771. The number of allylic oxidation sites excluding steroid dienone is 2. The standard InChI is InChI=1S/C8H12O/c1-4-7-8(5-2)9-6-3/h5-7H,2-4H2,1H3/b8-7+. The molecule has 0 aromatic heterocycles. The van der Waals surface area contributed by atoms with Gasteiger partial charge in [0.2, 0.25) is 0 Å². The molecule has 1 heteroatoms. The summed E-state index contributed by atoms with van der Waals surface area (Å²) >= 11 is 0. The molecule has 0 amide bonds. The van der Waals surface area contributed by atoms with Gasteiger partial charge in [-0.15, -0.1) is 0 Å². The van der Waals surface area contributed by atoms with Crippen molar-refractivity contribution in [2.24, 2.45) is 0 Å². The van der Waals surface area contributed by atoms with E-state index in [1.165, 1.54) is 6.26 Å². The van der Waals surface area contributed by atoms with Gasteiger partial charge in [-0.2, -0.15) is 0 Å². The van der Waals surface area contributed by atoms with Crippen molar-refractivity contribution in [1.82, 2.24) is 0 Å². The van der Waals surface area contributed by atoms with E-state index in [1.807, 2.05) is 13.0 Å².